The third-order valence-electron chi connectivity index (χ3n) is 4.24. The quantitative estimate of drug-likeness (QED) is 0.553. The summed E-state index contributed by atoms with van der Waals surface area (Å²) < 4.78 is 15.9. The molecule has 0 saturated heterocycles. The molecule has 0 unspecified atom stereocenters. The van der Waals surface area contributed by atoms with Crippen LogP contribution in [0.4, 0.5) is 0 Å². The minimum atomic E-state index is -1.25. The summed E-state index contributed by atoms with van der Waals surface area (Å²) >= 11 is 0. The smallest absolute Gasteiger partial charge is 0.336 e. The molecule has 1 aliphatic rings. The molecule has 8 nitrogen and oxygen atoms in total. The number of fused-ring (bicyclic) bond motifs is 1. The van der Waals surface area contributed by atoms with Crippen molar-refractivity contribution in [2.45, 2.75) is 6.92 Å². The van der Waals surface area contributed by atoms with E-state index in [9.17, 15) is 24.9 Å². The largest absolute Gasteiger partial charge is 0.504 e. The van der Waals surface area contributed by atoms with E-state index in [1.807, 2.05) is 0 Å². The Balaban J connectivity index is 2.21. The second-order valence-electron chi connectivity index (χ2n) is 5.75. The molecule has 0 aromatic heterocycles. The number of ketones is 1. The lowest BCUT2D eigenvalue weighted by molar-refractivity contribution is 0.0695. The van der Waals surface area contributed by atoms with Gasteiger partial charge in [0.15, 0.2) is 17.3 Å². The Kier molecular flexibility index (Phi) is 4.40. The van der Waals surface area contributed by atoms with Crippen LogP contribution in [0.2, 0.25) is 0 Å². The van der Waals surface area contributed by atoms with Gasteiger partial charge in [-0.2, -0.15) is 0 Å². The highest BCUT2D eigenvalue weighted by molar-refractivity contribution is 6.15. The Bertz CT molecular complexity index is 1000. The molecule has 2 aromatic rings. The molecule has 1 aliphatic heterocycles. The molecule has 27 heavy (non-hydrogen) atoms. The third-order valence-corrected chi connectivity index (χ3v) is 4.24. The number of benzene rings is 2. The number of rotatable bonds is 4. The highest BCUT2D eigenvalue weighted by Gasteiger charge is 2.32. The molecule has 8 heteroatoms. The summed E-state index contributed by atoms with van der Waals surface area (Å²) in [4.78, 5) is 24.3. The van der Waals surface area contributed by atoms with Gasteiger partial charge in [0.25, 0.3) is 0 Å². The number of methoxy groups -OCH3 is 2. The first-order valence-electron chi connectivity index (χ1n) is 7.78. The molecule has 2 aromatic carbocycles. The zero-order valence-electron chi connectivity index (χ0n) is 14.7. The third kappa shape index (κ3) is 2.80. The second kappa shape index (κ2) is 6.56. The van der Waals surface area contributed by atoms with Crippen LogP contribution in [0.3, 0.4) is 0 Å². The number of Topliss-reactive ketones (excluding diaryl/α,β-unsaturated/α-hetero) is 1. The summed E-state index contributed by atoms with van der Waals surface area (Å²) in [7, 11) is 2.77. The van der Waals surface area contributed by atoms with E-state index >= 15 is 0 Å². The fourth-order valence-corrected chi connectivity index (χ4v) is 2.91. The van der Waals surface area contributed by atoms with Crippen LogP contribution in [-0.2, 0) is 0 Å². The van der Waals surface area contributed by atoms with Crippen molar-refractivity contribution in [3.63, 3.8) is 0 Å². The van der Waals surface area contributed by atoms with Crippen molar-refractivity contribution in [2.75, 3.05) is 14.2 Å². The Hall–Kier alpha value is -3.68. The average molecular weight is 372 g/mol. The van der Waals surface area contributed by atoms with Crippen molar-refractivity contribution in [1.29, 1.82) is 0 Å². The molecular formula is C19H16O8. The van der Waals surface area contributed by atoms with Gasteiger partial charge >= 0.3 is 5.97 Å². The topological polar surface area (TPSA) is 123 Å². The molecule has 0 radical (unpaired) electrons. The number of ether oxygens (including phenoxy) is 3. The molecule has 0 saturated carbocycles. The molecule has 0 bridgehead atoms. The molecule has 0 fully saturated rings. The number of carbonyl (C=O) groups is 2. The van der Waals surface area contributed by atoms with Gasteiger partial charge in [-0.25, -0.2) is 4.79 Å². The van der Waals surface area contributed by atoms with Crippen molar-refractivity contribution < 1.29 is 39.1 Å². The lowest BCUT2D eigenvalue weighted by Gasteiger charge is -2.15. The monoisotopic (exact) mass is 372 g/mol. The minimum absolute atomic E-state index is 0.0534. The molecule has 0 spiro atoms. The first-order valence-corrected chi connectivity index (χ1v) is 7.78. The van der Waals surface area contributed by atoms with E-state index in [-0.39, 0.29) is 33.9 Å². The van der Waals surface area contributed by atoms with Crippen LogP contribution in [0.25, 0.3) is 6.08 Å². The van der Waals surface area contributed by atoms with E-state index in [1.54, 1.807) is 6.92 Å². The predicted molar refractivity (Wildman–Crippen MR) is 93.9 cm³/mol. The Morgan fingerprint density at radius 1 is 1.19 bits per heavy atom. The van der Waals surface area contributed by atoms with Crippen LogP contribution in [-0.4, -0.2) is 41.3 Å². The van der Waals surface area contributed by atoms with Gasteiger partial charge in [-0.3, -0.25) is 4.79 Å². The molecule has 140 valence electrons. The van der Waals surface area contributed by atoms with Crippen LogP contribution >= 0.6 is 0 Å². The Labute approximate surface area is 153 Å². The van der Waals surface area contributed by atoms with Gasteiger partial charge in [0.2, 0.25) is 11.5 Å². The Morgan fingerprint density at radius 2 is 1.89 bits per heavy atom. The number of carboxylic acids is 1. The van der Waals surface area contributed by atoms with E-state index in [0.29, 0.717) is 11.3 Å². The molecule has 0 atom stereocenters. The van der Waals surface area contributed by atoms with Gasteiger partial charge < -0.3 is 29.5 Å². The summed E-state index contributed by atoms with van der Waals surface area (Å²) in [6.07, 6.45) is 1.23. The number of allylic oxidation sites excluding steroid dienone is 1. The number of aromatic carboxylic acids is 1. The molecule has 0 aliphatic carbocycles. The molecule has 3 N–H and O–H groups in total. The van der Waals surface area contributed by atoms with Gasteiger partial charge in [0, 0.05) is 11.1 Å². The standard InChI is InChI=1S/C19H16O8/c1-8-13(25-2)7-11(19(23)24)10(17(8)26-3)6-14-15(21)9-4-5-12(20)16(22)18(9)27-14/h4-7,20,22H,1-3H3,(H,23,24). The average Bonchev–Trinajstić information content (AvgIpc) is 2.95. The maximum Gasteiger partial charge on any atom is 0.336 e. The maximum absolute atomic E-state index is 12.6. The number of carboxylic acid groups (broad SMARTS) is 1. The number of hydrogen-bond acceptors (Lipinski definition) is 7. The van der Waals surface area contributed by atoms with Gasteiger partial charge in [0.1, 0.15) is 11.5 Å². The number of carbonyl (C=O) groups excluding carboxylic acids is 1. The molecule has 1 heterocycles. The van der Waals surface area contributed by atoms with E-state index in [4.69, 9.17) is 14.2 Å². The van der Waals surface area contributed by atoms with E-state index < -0.39 is 23.3 Å². The SMILES string of the molecule is COc1cc(C(=O)O)c(C=C2Oc3c(ccc(O)c3O)C2=O)c(OC)c1C. The lowest BCUT2D eigenvalue weighted by atomic mass is 9.99. The van der Waals surface area contributed by atoms with Crippen molar-refractivity contribution >= 4 is 17.8 Å². The Morgan fingerprint density at radius 3 is 2.48 bits per heavy atom. The molecule has 3 rings (SSSR count). The highest BCUT2D eigenvalue weighted by atomic mass is 16.5. The first-order chi connectivity index (χ1) is 12.8. The number of aromatic hydroxyl groups is 2. The zero-order valence-corrected chi connectivity index (χ0v) is 14.7. The van der Waals surface area contributed by atoms with Gasteiger partial charge in [-0.1, -0.05) is 0 Å². The second-order valence-corrected chi connectivity index (χ2v) is 5.75. The van der Waals surface area contributed by atoms with Crippen LogP contribution in [0.15, 0.2) is 24.0 Å². The maximum atomic E-state index is 12.6. The van der Waals surface area contributed by atoms with Crippen LogP contribution < -0.4 is 14.2 Å². The highest BCUT2D eigenvalue weighted by Crippen LogP contribution is 2.45. The van der Waals surface area contributed by atoms with Crippen molar-refractivity contribution in [2.24, 2.45) is 0 Å². The van der Waals surface area contributed by atoms with Crippen LogP contribution in [0, 0.1) is 6.92 Å². The fraction of sp³-hybridized carbons (Fsp3) is 0.158. The molecular weight excluding hydrogens is 356 g/mol. The predicted octanol–water partition coefficient (Wildman–Crippen LogP) is 2.74. The van der Waals surface area contributed by atoms with Crippen molar-refractivity contribution in [3.8, 4) is 28.7 Å². The van der Waals surface area contributed by atoms with Crippen molar-refractivity contribution in [3.05, 3.63) is 46.2 Å². The number of phenols is 2. The lowest BCUT2D eigenvalue weighted by Crippen LogP contribution is -2.07. The molecule has 0 amide bonds. The summed E-state index contributed by atoms with van der Waals surface area (Å²) in [5.41, 5.74) is 0.558. The van der Waals surface area contributed by atoms with Gasteiger partial charge in [0.05, 0.1) is 25.3 Å². The normalized spacial score (nSPS) is 14.0. The zero-order chi connectivity index (χ0) is 19.9. The first kappa shape index (κ1) is 18.1. The van der Waals surface area contributed by atoms with Crippen LogP contribution in [0.1, 0.15) is 31.8 Å². The summed E-state index contributed by atoms with van der Waals surface area (Å²) in [5, 5.41) is 29.0. The van der Waals surface area contributed by atoms with Gasteiger partial charge in [-0.15, -0.1) is 0 Å². The fourth-order valence-electron chi connectivity index (χ4n) is 2.91. The van der Waals surface area contributed by atoms with Crippen LogP contribution in [0.5, 0.6) is 28.7 Å². The number of phenolic OH excluding ortho intramolecular Hbond substituents is 2. The van der Waals surface area contributed by atoms with Gasteiger partial charge in [-0.05, 0) is 31.2 Å². The number of hydrogen-bond donors (Lipinski definition) is 3. The van der Waals surface area contributed by atoms with E-state index in [1.165, 1.54) is 38.5 Å². The summed E-state index contributed by atoms with van der Waals surface area (Å²) in [6, 6.07) is 3.80. The summed E-state index contributed by atoms with van der Waals surface area (Å²) in [6.45, 7) is 1.68. The van der Waals surface area contributed by atoms with E-state index in [0.717, 1.165) is 0 Å². The minimum Gasteiger partial charge on any atom is -0.504 e. The van der Waals surface area contributed by atoms with Crippen molar-refractivity contribution in [1.82, 2.24) is 0 Å². The van der Waals surface area contributed by atoms with E-state index in [2.05, 4.69) is 0 Å². The summed E-state index contributed by atoms with van der Waals surface area (Å²) in [5.74, 6) is -2.69.